The summed E-state index contributed by atoms with van der Waals surface area (Å²) in [6.45, 7) is 0. The number of methoxy groups -OCH3 is 1. The van der Waals surface area contributed by atoms with E-state index in [4.69, 9.17) is 10.5 Å². The first-order chi connectivity index (χ1) is 9.20. The molecule has 1 atom stereocenters. The molecule has 100 valence electrons. The number of halogens is 1. The van der Waals surface area contributed by atoms with E-state index < -0.39 is 0 Å². The van der Waals surface area contributed by atoms with E-state index >= 15 is 0 Å². The van der Waals surface area contributed by atoms with E-state index in [0.717, 1.165) is 16.2 Å². The second-order valence-electron chi connectivity index (χ2n) is 4.11. The Bertz CT molecular complexity index is 530. The molecule has 0 heterocycles. The molecule has 0 aliphatic rings. The van der Waals surface area contributed by atoms with Crippen molar-refractivity contribution in [3.05, 3.63) is 59.9 Å². The standard InChI is InChI=1S/C15H16FNOS/c1-18-15-5-3-2-4-13(15)14(17)10-19-12-8-6-11(16)7-9-12/h2-9,14H,10,17H2,1H3. The first-order valence-corrected chi connectivity index (χ1v) is 6.96. The first kappa shape index (κ1) is 13.9. The molecule has 0 aliphatic heterocycles. The van der Waals surface area contributed by atoms with E-state index in [1.807, 2.05) is 24.3 Å². The van der Waals surface area contributed by atoms with Crippen molar-refractivity contribution in [3.63, 3.8) is 0 Å². The third kappa shape index (κ3) is 3.72. The molecule has 0 aliphatic carbocycles. The maximum absolute atomic E-state index is 12.8. The summed E-state index contributed by atoms with van der Waals surface area (Å²) in [6, 6.07) is 14.0. The van der Waals surface area contributed by atoms with Crippen LogP contribution in [-0.4, -0.2) is 12.9 Å². The maximum Gasteiger partial charge on any atom is 0.123 e. The topological polar surface area (TPSA) is 35.2 Å². The number of rotatable bonds is 5. The van der Waals surface area contributed by atoms with Gasteiger partial charge in [-0.2, -0.15) is 0 Å². The maximum atomic E-state index is 12.8. The van der Waals surface area contributed by atoms with Crippen LogP contribution in [0.3, 0.4) is 0 Å². The summed E-state index contributed by atoms with van der Waals surface area (Å²) in [7, 11) is 1.64. The lowest BCUT2D eigenvalue weighted by Gasteiger charge is -2.15. The van der Waals surface area contributed by atoms with Crippen LogP contribution in [0.4, 0.5) is 4.39 Å². The number of hydrogen-bond donors (Lipinski definition) is 1. The van der Waals surface area contributed by atoms with Gasteiger partial charge in [-0.1, -0.05) is 18.2 Å². The quantitative estimate of drug-likeness (QED) is 0.848. The molecule has 4 heteroatoms. The molecule has 0 fully saturated rings. The second kappa shape index (κ2) is 6.59. The lowest BCUT2D eigenvalue weighted by atomic mass is 10.1. The Kier molecular flexibility index (Phi) is 4.82. The van der Waals surface area contributed by atoms with Crippen LogP contribution >= 0.6 is 11.8 Å². The Morgan fingerprint density at radius 1 is 1.16 bits per heavy atom. The van der Waals surface area contributed by atoms with Gasteiger partial charge < -0.3 is 10.5 Å². The smallest absolute Gasteiger partial charge is 0.123 e. The zero-order chi connectivity index (χ0) is 13.7. The van der Waals surface area contributed by atoms with Gasteiger partial charge in [0.15, 0.2) is 0 Å². The summed E-state index contributed by atoms with van der Waals surface area (Å²) in [6.07, 6.45) is 0. The molecule has 19 heavy (non-hydrogen) atoms. The predicted molar refractivity (Wildman–Crippen MR) is 77.0 cm³/mol. The number of hydrogen-bond acceptors (Lipinski definition) is 3. The van der Waals surface area contributed by atoms with Crippen LogP contribution < -0.4 is 10.5 Å². The first-order valence-electron chi connectivity index (χ1n) is 5.97. The molecular weight excluding hydrogens is 261 g/mol. The van der Waals surface area contributed by atoms with Crippen molar-refractivity contribution in [1.82, 2.24) is 0 Å². The van der Waals surface area contributed by atoms with Crippen molar-refractivity contribution in [2.75, 3.05) is 12.9 Å². The number of nitrogens with two attached hydrogens (primary N) is 1. The number of para-hydroxylation sites is 1. The molecule has 2 aromatic carbocycles. The average Bonchev–Trinajstić information content (AvgIpc) is 2.46. The SMILES string of the molecule is COc1ccccc1C(N)CSc1ccc(F)cc1. The van der Waals surface area contributed by atoms with Crippen LogP contribution in [0, 0.1) is 5.82 Å². The highest BCUT2D eigenvalue weighted by molar-refractivity contribution is 7.99. The van der Waals surface area contributed by atoms with E-state index in [0.29, 0.717) is 5.75 Å². The molecule has 0 saturated carbocycles. The molecule has 2 nitrogen and oxygen atoms in total. The molecule has 0 saturated heterocycles. The summed E-state index contributed by atoms with van der Waals surface area (Å²) in [5.74, 6) is 1.29. The highest BCUT2D eigenvalue weighted by atomic mass is 32.2. The van der Waals surface area contributed by atoms with Gasteiger partial charge in [-0.3, -0.25) is 0 Å². The van der Waals surface area contributed by atoms with Gasteiger partial charge in [0.25, 0.3) is 0 Å². The Morgan fingerprint density at radius 3 is 2.53 bits per heavy atom. The van der Waals surface area contributed by atoms with Crippen molar-refractivity contribution >= 4 is 11.8 Å². The van der Waals surface area contributed by atoms with Gasteiger partial charge in [-0.05, 0) is 30.3 Å². The Labute approximate surface area is 116 Å². The van der Waals surface area contributed by atoms with E-state index in [9.17, 15) is 4.39 Å². The highest BCUT2D eigenvalue weighted by Gasteiger charge is 2.11. The summed E-state index contributed by atoms with van der Waals surface area (Å²) in [5.41, 5.74) is 7.16. The minimum Gasteiger partial charge on any atom is -0.496 e. The van der Waals surface area contributed by atoms with Crippen LogP contribution in [0.25, 0.3) is 0 Å². The minimum atomic E-state index is -0.224. The lowest BCUT2D eigenvalue weighted by Crippen LogP contribution is -2.14. The zero-order valence-electron chi connectivity index (χ0n) is 10.7. The van der Waals surface area contributed by atoms with Crippen LogP contribution in [0.5, 0.6) is 5.75 Å². The fourth-order valence-corrected chi connectivity index (χ4v) is 2.66. The van der Waals surface area contributed by atoms with Gasteiger partial charge in [0.2, 0.25) is 0 Å². The molecule has 0 amide bonds. The van der Waals surface area contributed by atoms with Gasteiger partial charge >= 0.3 is 0 Å². The predicted octanol–water partition coefficient (Wildman–Crippen LogP) is 3.63. The average molecular weight is 277 g/mol. The molecule has 2 rings (SSSR count). The molecule has 0 radical (unpaired) electrons. The summed E-state index contributed by atoms with van der Waals surface area (Å²) >= 11 is 1.60. The third-order valence-electron chi connectivity index (χ3n) is 2.78. The van der Waals surface area contributed by atoms with Crippen molar-refractivity contribution < 1.29 is 9.13 Å². The Hall–Kier alpha value is -1.52. The summed E-state index contributed by atoms with van der Waals surface area (Å²) < 4.78 is 18.1. The number of ether oxygens (including phenoxy) is 1. The van der Waals surface area contributed by atoms with Crippen molar-refractivity contribution in [2.24, 2.45) is 5.73 Å². The van der Waals surface area contributed by atoms with Gasteiger partial charge in [-0.25, -0.2) is 4.39 Å². The number of benzene rings is 2. The largest absolute Gasteiger partial charge is 0.496 e. The summed E-state index contributed by atoms with van der Waals surface area (Å²) in [4.78, 5) is 1.01. The van der Waals surface area contributed by atoms with Gasteiger partial charge in [0.1, 0.15) is 11.6 Å². The van der Waals surface area contributed by atoms with E-state index in [1.54, 1.807) is 31.0 Å². The molecular formula is C15H16FNOS. The van der Waals surface area contributed by atoms with Crippen LogP contribution in [0.1, 0.15) is 11.6 Å². The van der Waals surface area contributed by atoms with E-state index in [1.165, 1.54) is 12.1 Å². The van der Waals surface area contributed by atoms with E-state index in [2.05, 4.69) is 0 Å². The van der Waals surface area contributed by atoms with Crippen LogP contribution in [0.15, 0.2) is 53.4 Å². The second-order valence-corrected chi connectivity index (χ2v) is 5.21. The number of thioether (sulfide) groups is 1. The van der Waals surface area contributed by atoms with Crippen LogP contribution in [-0.2, 0) is 0 Å². The van der Waals surface area contributed by atoms with Gasteiger partial charge in [0.05, 0.1) is 7.11 Å². The third-order valence-corrected chi connectivity index (χ3v) is 3.91. The Balaban J connectivity index is 2.01. The van der Waals surface area contributed by atoms with Crippen LogP contribution in [0.2, 0.25) is 0 Å². The minimum absolute atomic E-state index is 0.119. The summed E-state index contributed by atoms with van der Waals surface area (Å²) in [5, 5.41) is 0. The normalized spacial score (nSPS) is 12.2. The molecule has 0 spiro atoms. The molecule has 1 unspecified atom stereocenters. The molecule has 2 N–H and O–H groups in total. The Morgan fingerprint density at radius 2 is 1.84 bits per heavy atom. The van der Waals surface area contributed by atoms with Crippen molar-refractivity contribution in [1.29, 1.82) is 0 Å². The van der Waals surface area contributed by atoms with Gasteiger partial charge in [0, 0.05) is 22.3 Å². The van der Waals surface area contributed by atoms with Gasteiger partial charge in [-0.15, -0.1) is 11.8 Å². The lowest BCUT2D eigenvalue weighted by molar-refractivity contribution is 0.407. The monoisotopic (exact) mass is 277 g/mol. The fourth-order valence-electron chi connectivity index (χ4n) is 1.78. The molecule has 2 aromatic rings. The van der Waals surface area contributed by atoms with Crippen molar-refractivity contribution in [2.45, 2.75) is 10.9 Å². The highest BCUT2D eigenvalue weighted by Crippen LogP contribution is 2.28. The zero-order valence-corrected chi connectivity index (χ0v) is 11.5. The molecule has 0 aromatic heterocycles. The van der Waals surface area contributed by atoms with E-state index in [-0.39, 0.29) is 11.9 Å². The fraction of sp³-hybridized carbons (Fsp3) is 0.200. The molecule has 0 bridgehead atoms. The van der Waals surface area contributed by atoms with Crippen molar-refractivity contribution in [3.8, 4) is 5.75 Å².